The van der Waals surface area contributed by atoms with Crippen LogP contribution in [0.2, 0.25) is 0 Å². The maximum Gasteiger partial charge on any atom is 0.417 e. The fourth-order valence-electron chi connectivity index (χ4n) is 0.946. The summed E-state index contributed by atoms with van der Waals surface area (Å²) < 4.78 is 41.3. The molecule has 0 aliphatic heterocycles. The van der Waals surface area contributed by atoms with Crippen molar-refractivity contribution in [2.75, 3.05) is 7.11 Å². The van der Waals surface area contributed by atoms with Gasteiger partial charge in [0.1, 0.15) is 5.56 Å². The quantitative estimate of drug-likeness (QED) is 0.814. The summed E-state index contributed by atoms with van der Waals surface area (Å²) >= 11 is 0. The Hall–Kier alpha value is -1.79. The fourth-order valence-corrected chi connectivity index (χ4v) is 0.946. The van der Waals surface area contributed by atoms with Gasteiger partial charge in [0.2, 0.25) is 5.88 Å². The van der Waals surface area contributed by atoms with Gasteiger partial charge in [-0.3, -0.25) is 4.79 Å². The molecule has 4 nitrogen and oxygen atoms in total. The Balaban J connectivity index is 3.28. The zero-order valence-corrected chi connectivity index (χ0v) is 7.63. The molecule has 2 N–H and O–H groups in total. The van der Waals surface area contributed by atoms with E-state index in [1.165, 1.54) is 7.11 Å². The number of halogens is 3. The molecule has 0 fully saturated rings. The molecule has 0 atom stereocenters. The van der Waals surface area contributed by atoms with Crippen LogP contribution in [0.15, 0.2) is 12.3 Å². The summed E-state index contributed by atoms with van der Waals surface area (Å²) in [6.07, 6.45) is -3.99. The van der Waals surface area contributed by atoms with Gasteiger partial charge in [-0.15, -0.1) is 0 Å². The average Bonchev–Trinajstić information content (AvgIpc) is 2.15. The molecule has 0 aliphatic carbocycles. The Labute approximate surface area is 82.9 Å². The van der Waals surface area contributed by atoms with Gasteiger partial charge in [-0.25, -0.2) is 4.98 Å². The number of nitrogens with zero attached hydrogens (tertiary/aromatic N) is 1. The number of carbonyl (C=O) groups excluding carboxylic acids is 1. The molecule has 1 aromatic rings. The summed E-state index contributed by atoms with van der Waals surface area (Å²) in [6.45, 7) is 0. The van der Waals surface area contributed by atoms with Gasteiger partial charge in [0.05, 0.1) is 12.7 Å². The SMILES string of the molecule is COc1ncc(C(F)(F)F)cc1C(N)=O. The Morgan fingerprint density at radius 3 is 2.53 bits per heavy atom. The van der Waals surface area contributed by atoms with E-state index in [1.807, 2.05) is 0 Å². The predicted octanol–water partition coefficient (Wildman–Crippen LogP) is 1.21. The number of ether oxygens (including phenoxy) is 1. The van der Waals surface area contributed by atoms with Crippen molar-refractivity contribution in [2.45, 2.75) is 6.18 Å². The molecule has 0 saturated carbocycles. The normalized spacial score (nSPS) is 11.2. The number of pyridine rings is 1. The van der Waals surface area contributed by atoms with E-state index < -0.39 is 23.2 Å². The number of amides is 1. The fraction of sp³-hybridized carbons (Fsp3) is 0.250. The van der Waals surface area contributed by atoms with E-state index in [2.05, 4.69) is 9.72 Å². The van der Waals surface area contributed by atoms with Gasteiger partial charge in [-0.05, 0) is 6.07 Å². The van der Waals surface area contributed by atoms with Crippen LogP contribution in [-0.4, -0.2) is 18.0 Å². The van der Waals surface area contributed by atoms with Crippen molar-refractivity contribution in [3.05, 3.63) is 23.4 Å². The standard InChI is InChI=1S/C8H7F3N2O2/c1-15-7-5(6(12)14)2-4(3-13-7)8(9,10)11/h2-3H,1H3,(H2,12,14). The summed E-state index contributed by atoms with van der Waals surface area (Å²) in [6, 6.07) is 0.605. The average molecular weight is 220 g/mol. The number of carbonyl (C=O) groups is 1. The second-order valence-corrected chi connectivity index (χ2v) is 2.64. The van der Waals surface area contributed by atoms with Gasteiger partial charge < -0.3 is 10.5 Å². The molecule has 0 spiro atoms. The topological polar surface area (TPSA) is 65.2 Å². The third-order valence-corrected chi connectivity index (χ3v) is 1.64. The number of aromatic nitrogens is 1. The van der Waals surface area contributed by atoms with E-state index in [4.69, 9.17) is 5.73 Å². The van der Waals surface area contributed by atoms with Crippen LogP contribution in [0.25, 0.3) is 0 Å². The van der Waals surface area contributed by atoms with E-state index >= 15 is 0 Å². The Bertz CT molecular complexity index is 390. The molecule has 0 aromatic carbocycles. The second-order valence-electron chi connectivity index (χ2n) is 2.64. The molecule has 0 aliphatic rings. The number of rotatable bonds is 2. The maximum absolute atomic E-state index is 12.2. The number of hydrogen-bond acceptors (Lipinski definition) is 3. The van der Waals surface area contributed by atoms with Gasteiger partial charge in [0, 0.05) is 6.20 Å². The van der Waals surface area contributed by atoms with Crippen molar-refractivity contribution in [3.63, 3.8) is 0 Å². The molecule has 15 heavy (non-hydrogen) atoms. The van der Waals surface area contributed by atoms with Crippen LogP contribution in [0.3, 0.4) is 0 Å². The van der Waals surface area contributed by atoms with Crippen molar-refractivity contribution in [2.24, 2.45) is 5.73 Å². The summed E-state index contributed by atoms with van der Waals surface area (Å²) in [4.78, 5) is 14.1. The molecule has 1 aromatic heterocycles. The zero-order chi connectivity index (χ0) is 11.6. The molecular weight excluding hydrogens is 213 g/mol. The van der Waals surface area contributed by atoms with Crippen LogP contribution in [0.5, 0.6) is 5.88 Å². The van der Waals surface area contributed by atoms with Gasteiger partial charge in [0.15, 0.2) is 0 Å². The first-order valence-corrected chi connectivity index (χ1v) is 3.77. The summed E-state index contributed by atoms with van der Waals surface area (Å²) in [5.41, 5.74) is 3.44. The third kappa shape index (κ3) is 2.36. The van der Waals surface area contributed by atoms with Crippen LogP contribution in [-0.2, 0) is 6.18 Å². The highest BCUT2D eigenvalue weighted by Gasteiger charge is 2.32. The van der Waals surface area contributed by atoms with Crippen molar-refractivity contribution in [1.29, 1.82) is 0 Å². The van der Waals surface area contributed by atoms with Crippen molar-refractivity contribution < 1.29 is 22.7 Å². The predicted molar refractivity (Wildman–Crippen MR) is 44.3 cm³/mol. The van der Waals surface area contributed by atoms with Gasteiger partial charge in [0.25, 0.3) is 5.91 Å². The molecule has 1 amide bonds. The van der Waals surface area contributed by atoms with Crippen LogP contribution >= 0.6 is 0 Å². The highest BCUT2D eigenvalue weighted by Crippen LogP contribution is 2.30. The molecule has 1 heterocycles. The van der Waals surface area contributed by atoms with Crippen LogP contribution in [0.1, 0.15) is 15.9 Å². The van der Waals surface area contributed by atoms with Gasteiger partial charge >= 0.3 is 6.18 Å². The Morgan fingerprint density at radius 1 is 1.53 bits per heavy atom. The second kappa shape index (κ2) is 3.76. The molecule has 1 rings (SSSR count). The van der Waals surface area contributed by atoms with E-state index in [1.54, 1.807) is 0 Å². The summed E-state index contributed by atoms with van der Waals surface area (Å²) in [5.74, 6) is -1.25. The number of primary amides is 1. The minimum absolute atomic E-state index is 0.226. The van der Waals surface area contributed by atoms with Gasteiger partial charge in [-0.2, -0.15) is 13.2 Å². The first kappa shape index (κ1) is 11.3. The molecule has 82 valence electrons. The molecule has 7 heteroatoms. The lowest BCUT2D eigenvalue weighted by Crippen LogP contribution is -2.16. The van der Waals surface area contributed by atoms with E-state index in [0.717, 1.165) is 0 Å². The first-order chi connectivity index (χ1) is 6.86. The smallest absolute Gasteiger partial charge is 0.417 e. The molecule has 0 bridgehead atoms. The first-order valence-electron chi connectivity index (χ1n) is 3.77. The molecular formula is C8H7F3N2O2. The van der Waals surface area contributed by atoms with Crippen LogP contribution < -0.4 is 10.5 Å². The minimum atomic E-state index is -4.57. The van der Waals surface area contributed by atoms with Crippen molar-refractivity contribution >= 4 is 5.91 Å². The van der Waals surface area contributed by atoms with Gasteiger partial charge in [-0.1, -0.05) is 0 Å². The van der Waals surface area contributed by atoms with Crippen LogP contribution in [0, 0.1) is 0 Å². The lowest BCUT2D eigenvalue weighted by atomic mass is 10.2. The van der Waals surface area contributed by atoms with E-state index in [0.29, 0.717) is 12.3 Å². The van der Waals surface area contributed by atoms with Crippen molar-refractivity contribution in [1.82, 2.24) is 4.98 Å². The summed E-state index contributed by atoms with van der Waals surface area (Å²) in [7, 11) is 1.18. The minimum Gasteiger partial charge on any atom is -0.480 e. The molecule has 0 unspecified atom stereocenters. The molecule has 0 saturated heterocycles. The zero-order valence-electron chi connectivity index (χ0n) is 7.63. The summed E-state index contributed by atoms with van der Waals surface area (Å²) in [5, 5.41) is 0. The number of alkyl halides is 3. The lowest BCUT2D eigenvalue weighted by molar-refractivity contribution is -0.137. The lowest BCUT2D eigenvalue weighted by Gasteiger charge is -2.09. The molecule has 0 radical (unpaired) electrons. The van der Waals surface area contributed by atoms with Crippen molar-refractivity contribution in [3.8, 4) is 5.88 Å². The van der Waals surface area contributed by atoms with E-state index in [-0.39, 0.29) is 5.88 Å². The highest BCUT2D eigenvalue weighted by atomic mass is 19.4. The number of nitrogens with two attached hydrogens (primary N) is 1. The van der Waals surface area contributed by atoms with E-state index in [9.17, 15) is 18.0 Å². The Morgan fingerprint density at radius 2 is 2.13 bits per heavy atom. The third-order valence-electron chi connectivity index (χ3n) is 1.64. The highest BCUT2D eigenvalue weighted by molar-refractivity contribution is 5.95. The Kier molecular flexibility index (Phi) is 2.83. The maximum atomic E-state index is 12.2. The monoisotopic (exact) mass is 220 g/mol. The number of hydrogen-bond donors (Lipinski definition) is 1. The number of methoxy groups -OCH3 is 1. The largest absolute Gasteiger partial charge is 0.480 e. The van der Waals surface area contributed by atoms with Crippen LogP contribution in [0.4, 0.5) is 13.2 Å².